The van der Waals surface area contributed by atoms with E-state index in [9.17, 15) is 0 Å². The average molecular weight is 277 g/mol. The van der Waals surface area contributed by atoms with Crippen LogP contribution in [0.4, 0.5) is 0 Å². The van der Waals surface area contributed by atoms with Gasteiger partial charge in [0.05, 0.1) is 10.6 Å². The molecule has 0 aliphatic carbocycles. The molecule has 0 heterocycles. The maximum absolute atomic E-state index is 8.63. The Balaban J connectivity index is 3.39. The molecule has 0 saturated heterocycles. The van der Waals surface area contributed by atoms with Gasteiger partial charge in [-0.1, -0.05) is 11.6 Å². The topological polar surface area (TPSA) is 23.8 Å². The van der Waals surface area contributed by atoms with Crippen molar-refractivity contribution in [2.45, 2.75) is 6.92 Å². The van der Waals surface area contributed by atoms with E-state index in [0.29, 0.717) is 10.6 Å². The Kier molecular flexibility index (Phi) is 2.74. The van der Waals surface area contributed by atoms with Gasteiger partial charge in [0.15, 0.2) is 0 Å². The SMILES string of the molecule is Cc1cc(I)c(Cl)c(C#N)c1. The quantitative estimate of drug-likeness (QED) is 0.668. The molecule has 0 N–H and O–H groups in total. The molecule has 1 nitrogen and oxygen atoms in total. The van der Waals surface area contributed by atoms with Crippen molar-refractivity contribution in [1.82, 2.24) is 0 Å². The summed E-state index contributed by atoms with van der Waals surface area (Å²) >= 11 is 7.95. The summed E-state index contributed by atoms with van der Waals surface area (Å²) in [5.41, 5.74) is 1.62. The van der Waals surface area contributed by atoms with Crippen molar-refractivity contribution < 1.29 is 0 Å². The number of aryl methyl sites for hydroxylation is 1. The molecule has 0 saturated carbocycles. The van der Waals surface area contributed by atoms with Crippen LogP contribution in [0.3, 0.4) is 0 Å². The van der Waals surface area contributed by atoms with E-state index in [1.54, 1.807) is 6.07 Å². The predicted octanol–water partition coefficient (Wildman–Crippen LogP) is 3.12. The van der Waals surface area contributed by atoms with E-state index in [1.807, 2.05) is 19.1 Å². The van der Waals surface area contributed by atoms with E-state index in [1.165, 1.54) is 0 Å². The van der Waals surface area contributed by atoms with E-state index in [-0.39, 0.29) is 0 Å². The van der Waals surface area contributed by atoms with Gasteiger partial charge in [-0.25, -0.2) is 0 Å². The summed E-state index contributed by atoms with van der Waals surface area (Å²) in [4.78, 5) is 0. The lowest BCUT2D eigenvalue weighted by molar-refractivity contribution is 1.40. The van der Waals surface area contributed by atoms with Gasteiger partial charge in [-0.15, -0.1) is 0 Å². The largest absolute Gasteiger partial charge is 0.192 e. The van der Waals surface area contributed by atoms with Crippen LogP contribution in [0.2, 0.25) is 5.02 Å². The van der Waals surface area contributed by atoms with Gasteiger partial charge in [-0.05, 0) is 47.2 Å². The second-order valence-electron chi connectivity index (χ2n) is 2.22. The van der Waals surface area contributed by atoms with Crippen molar-refractivity contribution >= 4 is 34.2 Å². The van der Waals surface area contributed by atoms with Gasteiger partial charge in [0.25, 0.3) is 0 Å². The zero-order valence-electron chi connectivity index (χ0n) is 5.86. The summed E-state index contributed by atoms with van der Waals surface area (Å²) in [6.07, 6.45) is 0. The van der Waals surface area contributed by atoms with Crippen LogP contribution in [0.1, 0.15) is 11.1 Å². The number of nitrogens with zero attached hydrogens (tertiary/aromatic N) is 1. The van der Waals surface area contributed by atoms with E-state index in [2.05, 4.69) is 22.6 Å². The van der Waals surface area contributed by atoms with E-state index in [0.717, 1.165) is 9.13 Å². The fourth-order valence-electron chi connectivity index (χ4n) is 0.806. The van der Waals surface area contributed by atoms with Gasteiger partial charge in [0.2, 0.25) is 0 Å². The predicted molar refractivity (Wildman–Crippen MR) is 53.6 cm³/mol. The van der Waals surface area contributed by atoms with Gasteiger partial charge >= 0.3 is 0 Å². The number of nitriles is 1. The molecule has 0 atom stereocenters. The summed E-state index contributed by atoms with van der Waals surface area (Å²) in [5.74, 6) is 0. The number of halogens is 2. The van der Waals surface area contributed by atoms with Crippen molar-refractivity contribution in [1.29, 1.82) is 5.26 Å². The molecular formula is C8H5ClIN. The normalized spacial score (nSPS) is 9.27. The highest BCUT2D eigenvalue weighted by Crippen LogP contribution is 2.23. The second-order valence-corrected chi connectivity index (χ2v) is 3.76. The minimum absolute atomic E-state index is 0.552. The molecule has 0 bridgehead atoms. The van der Waals surface area contributed by atoms with E-state index >= 15 is 0 Å². The zero-order valence-corrected chi connectivity index (χ0v) is 8.77. The van der Waals surface area contributed by atoms with Crippen molar-refractivity contribution in [3.8, 4) is 6.07 Å². The first-order chi connectivity index (χ1) is 5.15. The third-order valence-corrected chi connectivity index (χ3v) is 2.87. The zero-order chi connectivity index (χ0) is 8.43. The fraction of sp³-hybridized carbons (Fsp3) is 0.125. The monoisotopic (exact) mass is 277 g/mol. The van der Waals surface area contributed by atoms with Gasteiger partial charge in [-0.2, -0.15) is 5.26 Å². The molecule has 1 aromatic carbocycles. The molecule has 0 spiro atoms. The first kappa shape index (κ1) is 8.82. The van der Waals surface area contributed by atoms with E-state index < -0.39 is 0 Å². The third-order valence-electron chi connectivity index (χ3n) is 1.29. The van der Waals surface area contributed by atoms with Crippen LogP contribution in [0.5, 0.6) is 0 Å². The Morgan fingerprint density at radius 1 is 1.55 bits per heavy atom. The molecule has 0 radical (unpaired) electrons. The molecule has 11 heavy (non-hydrogen) atoms. The Morgan fingerprint density at radius 3 is 2.73 bits per heavy atom. The maximum Gasteiger partial charge on any atom is 0.101 e. The van der Waals surface area contributed by atoms with Crippen LogP contribution in [-0.2, 0) is 0 Å². The van der Waals surface area contributed by atoms with Crippen molar-refractivity contribution in [2.75, 3.05) is 0 Å². The van der Waals surface area contributed by atoms with Gasteiger partial charge in [-0.3, -0.25) is 0 Å². The summed E-state index contributed by atoms with van der Waals surface area (Å²) in [5, 5.41) is 9.18. The van der Waals surface area contributed by atoms with Crippen molar-refractivity contribution in [3.05, 3.63) is 31.9 Å². The van der Waals surface area contributed by atoms with Crippen LogP contribution >= 0.6 is 34.2 Å². The smallest absolute Gasteiger partial charge is 0.101 e. The highest BCUT2D eigenvalue weighted by atomic mass is 127. The van der Waals surface area contributed by atoms with Crippen molar-refractivity contribution in [2.24, 2.45) is 0 Å². The molecule has 1 aromatic rings. The lowest BCUT2D eigenvalue weighted by Crippen LogP contribution is -1.83. The number of hydrogen-bond acceptors (Lipinski definition) is 1. The highest BCUT2D eigenvalue weighted by Gasteiger charge is 2.03. The Morgan fingerprint density at radius 2 is 2.18 bits per heavy atom. The van der Waals surface area contributed by atoms with Crippen LogP contribution < -0.4 is 0 Å². The van der Waals surface area contributed by atoms with Crippen LogP contribution in [-0.4, -0.2) is 0 Å². The molecule has 0 aliphatic heterocycles. The summed E-state index contributed by atoms with van der Waals surface area (Å²) in [6.45, 7) is 1.94. The Hall–Kier alpha value is -0.270. The first-order valence-corrected chi connectivity index (χ1v) is 4.46. The second kappa shape index (κ2) is 3.42. The highest BCUT2D eigenvalue weighted by molar-refractivity contribution is 14.1. The lowest BCUT2D eigenvalue weighted by Gasteiger charge is -1.99. The van der Waals surface area contributed by atoms with Crippen molar-refractivity contribution in [3.63, 3.8) is 0 Å². The molecule has 3 heteroatoms. The van der Waals surface area contributed by atoms with Gasteiger partial charge < -0.3 is 0 Å². The molecule has 0 amide bonds. The van der Waals surface area contributed by atoms with Crippen LogP contribution in [0.25, 0.3) is 0 Å². The third kappa shape index (κ3) is 1.85. The minimum Gasteiger partial charge on any atom is -0.192 e. The number of rotatable bonds is 0. The van der Waals surface area contributed by atoms with Gasteiger partial charge in [0, 0.05) is 3.57 Å². The number of benzene rings is 1. The lowest BCUT2D eigenvalue weighted by atomic mass is 10.2. The molecule has 56 valence electrons. The minimum atomic E-state index is 0.552. The standard InChI is InChI=1S/C8H5ClIN/c1-5-2-6(4-11)8(9)7(10)3-5/h2-3H,1H3. The Labute approximate surface area is 84.1 Å². The number of hydrogen-bond donors (Lipinski definition) is 0. The average Bonchev–Trinajstić information content (AvgIpc) is 1.96. The molecular weight excluding hydrogens is 272 g/mol. The molecule has 0 unspecified atom stereocenters. The first-order valence-electron chi connectivity index (χ1n) is 3.01. The maximum atomic E-state index is 8.63. The van der Waals surface area contributed by atoms with Crippen LogP contribution in [0, 0.1) is 21.8 Å². The summed E-state index contributed by atoms with van der Waals surface area (Å²) < 4.78 is 0.931. The summed E-state index contributed by atoms with van der Waals surface area (Å²) in [6, 6.07) is 5.77. The molecule has 0 aromatic heterocycles. The van der Waals surface area contributed by atoms with Crippen LogP contribution in [0.15, 0.2) is 12.1 Å². The molecule has 0 fully saturated rings. The molecule has 0 aliphatic rings. The van der Waals surface area contributed by atoms with Gasteiger partial charge in [0.1, 0.15) is 6.07 Å². The fourth-order valence-corrected chi connectivity index (χ4v) is 1.74. The molecule has 1 rings (SSSR count). The summed E-state index contributed by atoms with van der Waals surface area (Å²) in [7, 11) is 0. The van der Waals surface area contributed by atoms with E-state index in [4.69, 9.17) is 16.9 Å². The Bertz CT molecular complexity index is 328.